The van der Waals surface area contributed by atoms with Crippen molar-refractivity contribution in [1.29, 1.82) is 5.26 Å². The van der Waals surface area contributed by atoms with Crippen LogP contribution in [0, 0.1) is 11.3 Å². The molecule has 0 saturated carbocycles. The first-order chi connectivity index (χ1) is 13.8. The molecule has 1 aromatic heterocycles. The van der Waals surface area contributed by atoms with Crippen LogP contribution in [0.5, 0.6) is 0 Å². The summed E-state index contributed by atoms with van der Waals surface area (Å²) in [7, 11) is 1.80. The fraction of sp³-hybridized carbons (Fsp3) is 0.500. The molecule has 3 rings (SSSR count). The molecule has 9 heteroatoms. The Hall–Kier alpha value is -2.35. The number of para-hydroxylation sites is 1. The van der Waals surface area contributed by atoms with E-state index in [1.165, 1.54) is 0 Å². The summed E-state index contributed by atoms with van der Waals surface area (Å²) in [6.07, 6.45) is 7.78. The van der Waals surface area contributed by atoms with Crippen LogP contribution in [0.15, 0.2) is 41.9 Å². The Morgan fingerprint density at radius 3 is 2.83 bits per heavy atom. The molecular weight excluding hydrogens is 479 g/mol. The number of guanidine groups is 1. The first-order valence-electron chi connectivity index (χ1n) is 9.84. The number of rotatable bonds is 7. The lowest BCUT2D eigenvalue weighted by Crippen LogP contribution is -2.51. The van der Waals surface area contributed by atoms with Gasteiger partial charge in [-0.15, -0.1) is 34.2 Å². The van der Waals surface area contributed by atoms with Gasteiger partial charge in [0.15, 0.2) is 5.96 Å². The number of halogens is 1. The predicted octanol–water partition coefficient (Wildman–Crippen LogP) is 2.38. The zero-order chi connectivity index (χ0) is 19.6. The van der Waals surface area contributed by atoms with Gasteiger partial charge in [0.25, 0.3) is 0 Å². The fourth-order valence-electron chi connectivity index (χ4n) is 3.51. The number of aryl methyl sites for hydroxylation is 1. The minimum absolute atomic E-state index is 0. The SMILES string of the molecule is CN=C(NCCCCn1cnnc1)NC1CCCN(c2ccccc2C#N)C1.I. The summed E-state index contributed by atoms with van der Waals surface area (Å²) in [5.41, 5.74) is 1.76. The van der Waals surface area contributed by atoms with Gasteiger partial charge in [-0.1, -0.05) is 12.1 Å². The lowest BCUT2D eigenvalue weighted by Gasteiger charge is -2.35. The van der Waals surface area contributed by atoms with E-state index in [1.54, 1.807) is 19.7 Å². The molecule has 0 bridgehead atoms. The highest BCUT2D eigenvalue weighted by Crippen LogP contribution is 2.23. The maximum absolute atomic E-state index is 9.37. The molecule has 0 radical (unpaired) electrons. The maximum Gasteiger partial charge on any atom is 0.191 e. The quantitative estimate of drug-likeness (QED) is 0.258. The molecule has 1 fully saturated rings. The van der Waals surface area contributed by atoms with Crippen LogP contribution in [-0.4, -0.2) is 53.4 Å². The molecule has 0 spiro atoms. The average Bonchev–Trinajstić information content (AvgIpc) is 3.26. The summed E-state index contributed by atoms with van der Waals surface area (Å²) >= 11 is 0. The van der Waals surface area contributed by atoms with Crippen molar-refractivity contribution in [3.8, 4) is 6.07 Å². The lowest BCUT2D eigenvalue weighted by atomic mass is 10.0. The van der Waals surface area contributed by atoms with E-state index in [-0.39, 0.29) is 24.0 Å². The monoisotopic (exact) mass is 508 g/mol. The number of nitriles is 1. The van der Waals surface area contributed by atoms with Crippen molar-refractivity contribution in [3.63, 3.8) is 0 Å². The third kappa shape index (κ3) is 6.88. The molecule has 1 aliphatic heterocycles. The molecule has 2 N–H and O–H groups in total. The number of hydrogen-bond donors (Lipinski definition) is 2. The molecule has 1 atom stereocenters. The fourth-order valence-corrected chi connectivity index (χ4v) is 3.51. The standard InChI is InChI=1S/C20H28N8.HI/c1-22-20(23-10-4-5-11-27-15-24-25-16-27)26-18-8-6-12-28(14-18)19-9-3-2-7-17(19)13-21;/h2-3,7,9,15-16,18H,4-6,8,10-12,14H2,1H3,(H2,22,23,26);1H. The van der Waals surface area contributed by atoms with E-state index < -0.39 is 0 Å². The number of anilines is 1. The van der Waals surface area contributed by atoms with Crippen LogP contribution >= 0.6 is 24.0 Å². The highest BCUT2D eigenvalue weighted by molar-refractivity contribution is 14.0. The van der Waals surface area contributed by atoms with Gasteiger partial charge in [-0.25, -0.2) is 0 Å². The number of hydrogen-bond acceptors (Lipinski definition) is 5. The van der Waals surface area contributed by atoms with Gasteiger partial charge in [-0.2, -0.15) is 5.26 Å². The molecule has 156 valence electrons. The molecule has 1 saturated heterocycles. The maximum atomic E-state index is 9.37. The summed E-state index contributed by atoms with van der Waals surface area (Å²) in [5, 5.41) is 23.9. The summed E-state index contributed by atoms with van der Waals surface area (Å²) < 4.78 is 1.99. The van der Waals surface area contributed by atoms with Gasteiger partial charge in [0.2, 0.25) is 0 Å². The average molecular weight is 508 g/mol. The van der Waals surface area contributed by atoms with Crippen LogP contribution in [-0.2, 0) is 6.54 Å². The van der Waals surface area contributed by atoms with Crippen LogP contribution in [0.2, 0.25) is 0 Å². The van der Waals surface area contributed by atoms with Gasteiger partial charge in [0, 0.05) is 39.3 Å². The number of nitrogens with zero attached hydrogens (tertiary/aromatic N) is 6. The highest BCUT2D eigenvalue weighted by Gasteiger charge is 2.22. The molecule has 1 aliphatic rings. The van der Waals surface area contributed by atoms with Crippen molar-refractivity contribution in [1.82, 2.24) is 25.4 Å². The number of benzene rings is 1. The molecule has 2 aromatic rings. The topological polar surface area (TPSA) is 94.2 Å². The first kappa shape index (κ1) is 22.9. The van der Waals surface area contributed by atoms with E-state index in [0.717, 1.165) is 69.1 Å². The van der Waals surface area contributed by atoms with Crippen LogP contribution in [0.25, 0.3) is 0 Å². The molecule has 0 amide bonds. The number of aromatic nitrogens is 3. The number of nitrogens with one attached hydrogen (secondary N) is 2. The van der Waals surface area contributed by atoms with Crippen molar-refractivity contribution in [2.75, 3.05) is 31.6 Å². The molecule has 2 heterocycles. The van der Waals surface area contributed by atoms with Crippen molar-refractivity contribution in [3.05, 3.63) is 42.5 Å². The second-order valence-corrected chi connectivity index (χ2v) is 6.96. The Morgan fingerprint density at radius 2 is 2.07 bits per heavy atom. The smallest absolute Gasteiger partial charge is 0.191 e. The van der Waals surface area contributed by atoms with E-state index in [0.29, 0.717) is 6.04 Å². The minimum atomic E-state index is 0. The van der Waals surface area contributed by atoms with Gasteiger partial charge in [-0.3, -0.25) is 4.99 Å². The summed E-state index contributed by atoms with van der Waals surface area (Å²) in [6.45, 7) is 3.64. The van der Waals surface area contributed by atoms with Crippen molar-refractivity contribution in [2.24, 2.45) is 4.99 Å². The van der Waals surface area contributed by atoms with E-state index >= 15 is 0 Å². The number of piperidine rings is 1. The molecule has 29 heavy (non-hydrogen) atoms. The molecular formula is C20H29IN8. The van der Waals surface area contributed by atoms with Crippen molar-refractivity contribution < 1.29 is 0 Å². The second-order valence-electron chi connectivity index (χ2n) is 6.96. The zero-order valence-corrected chi connectivity index (χ0v) is 19.1. The third-order valence-corrected chi connectivity index (χ3v) is 4.95. The Kier molecular flexibility index (Phi) is 9.70. The Labute approximate surface area is 189 Å². The summed E-state index contributed by atoms with van der Waals surface area (Å²) in [6, 6.07) is 10.4. The number of unbranched alkanes of at least 4 members (excludes halogenated alkanes) is 1. The second kappa shape index (κ2) is 12.3. The van der Waals surface area contributed by atoms with Gasteiger partial charge >= 0.3 is 0 Å². The molecule has 1 unspecified atom stereocenters. The highest BCUT2D eigenvalue weighted by atomic mass is 127. The normalized spacial score (nSPS) is 16.6. The molecule has 8 nitrogen and oxygen atoms in total. The largest absolute Gasteiger partial charge is 0.368 e. The van der Waals surface area contributed by atoms with E-state index in [1.807, 2.05) is 28.8 Å². The van der Waals surface area contributed by atoms with Crippen LogP contribution < -0.4 is 15.5 Å². The molecule has 1 aromatic carbocycles. The molecule has 0 aliphatic carbocycles. The van der Waals surface area contributed by atoms with Gasteiger partial charge in [0.1, 0.15) is 18.7 Å². The van der Waals surface area contributed by atoms with Crippen molar-refractivity contribution in [2.45, 2.75) is 38.3 Å². The van der Waals surface area contributed by atoms with Crippen molar-refractivity contribution >= 4 is 35.6 Å². The first-order valence-corrected chi connectivity index (χ1v) is 9.84. The van der Waals surface area contributed by atoms with Gasteiger partial charge in [-0.05, 0) is 37.8 Å². The Bertz CT molecular complexity index is 799. The van der Waals surface area contributed by atoms with Crippen LogP contribution in [0.4, 0.5) is 5.69 Å². The van der Waals surface area contributed by atoms with Crippen LogP contribution in [0.3, 0.4) is 0 Å². The van der Waals surface area contributed by atoms with Gasteiger partial charge in [0.05, 0.1) is 11.3 Å². The van der Waals surface area contributed by atoms with Crippen LogP contribution in [0.1, 0.15) is 31.2 Å². The predicted molar refractivity (Wildman–Crippen MR) is 126 cm³/mol. The van der Waals surface area contributed by atoms with E-state index in [4.69, 9.17) is 0 Å². The Morgan fingerprint density at radius 1 is 1.28 bits per heavy atom. The minimum Gasteiger partial charge on any atom is -0.368 e. The van der Waals surface area contributed by atoms with E-state index in [2.05, 4.69) is 36.8 Å². The zero-order valence-electron chi connectivity index (χ0n) is 16.8. The number of aliphatic imine (C=N–C) groups is 1. The third-order valence-electron chi connectivity index (χ3n) is 4.95. The van der Waals surface area contributed by atoms with Gasteiger partial charge < -0.3 is 20.1 Å². The Balaban J connectivity index is 0.00000300. The van der Waals surface area contributed by atoms with E-state index in [9.17, 15) is 5.26 Å². The lowest BCUT2D eigenvalue weighted by molar-refractivity contribution is 0.467. The summed E-state index contributed by atoms with van der Waals surface area (Å²) in [5.74, 6) is 0.838. The summed E-state index contributed by atoms with van der Waals surface area (Å²) in [4.78, 5) is 6.66.